The largest absolute Gasteiger partial charge is 0.398 e. The SMILES string of the molecule is Cc1cccc(F)c1-c1cc(N)c2ccncc2c1. The third-order valence-corrected chi connectivity index (χ3v) is 3.30. The lowest BCUT2D eigenvalue weighted by atomic mass is 9.97. The van der Waals surface area contributed by atoms with Gasteiger partial charge in [0.15, 0.2) is 0 Å². The lowest BCUT2D eigenvalue weighted by Crippen LogP contribution is -1.93. The lowest BCUT2D eigenvalue weighted by molar-refractivity contribution is 0.630. The number of nitrogens with zero attached hydrogens (tertiary/aromatic N) is 1. The topological polar surface area (TPSA) is 38.9 Å². The Morgan fingerprint density at radius 1 is 1.16 bits per heavy atom. The van der Waals surface area contributed by atoms with Crippen molar-refractivity contribution in [1.29, 1.82) is 0 Å². The number of halogens is 1. The first-order valence-electron chi connectivity index (χ1n) is 6.05. The highest BCUT2D eigenvalue weighted by atomic mass is 19.1. The van der Waals surface area contributed by atoms with Gasteiger partial charge in [-0.3, -0.25) is 4.98 Å². The fourth-order valence-corrected chi connectivity index (χ4v) is 2.38. The van der Waals surface area contributed by atoms with Gasteiger partial charge in [-0.15, -0.1) is 0 Å². The fourth-order valence-electron chi connectivity index (χ4n) is 2.38. The van der Waals surface area contributed by atoms with Gasteiger partial charge in [0.2, 0.25) is 0 Å². The molecule has 0 saturated carbocycles. The van der Waals surface area contributed by atoms with Crippen molar-refractivity contribution in [2.24, 2.45) is 0 Å². The van der Waals surface area contributed by atoms with Gasteiger partial charge in [-0.05, 0) is 42.3 Å². The summed E-state index contributed by atoms with van der Waals surface area (Å²) in [6.07, 6.45) is 3.44. The van der Waals surface area contributed by atoms with Crippen LogP contribution < -0.4 is 5.73 Å². The summed E-state index contributed by atoms with van der Waals surface area (Å²) in [6.45, 7) is 1.89. The summed E-state index contributed by atoms with van der Waals surface area (Å²) in [5.41, 5.74) is 8.96. The molecule has 1 heterocycles. The Hall–Kier alpha value is -2.42. The van der Waals surface area contributed by atoms with E-state index in [-0.39, 0.29) is 5.82 Å². The first-order chi connectivity index (χ1) is 9.16. The van der Waals surface area contributed by atoms with Gasteiger partial charge in [0, 0.05) is 34.4 Å². The summed E-state index contributed by atoms with van der Waals surface area (Å²) in [5.74, 6) is -0.234. The number of nitrogens with two attached hydrogens (primary N) is 1. The van der Waals surface area contributed by atoms with Gasteiger partial charge >= 0.3 is 0 Å². The molecular formula is C16H13FN2. The standard InChI is InChI=1S/C16H13FN2/c1-10-3-2-4-14(17)16(10)11-7-12-9-19-6-5-13(12)15(18)8-11/h2-9H,18H2,1H3. The first-order valence-corrected chi connectivity index (χ1v) is 6.05. The molecule has 0 bridgehead atoms. The van der Waals surface area contributed by atoms with Crippen LogP contribution >= 0.6 is 0 Å². The lowest BCUT2D eigenvalue weighted by Gasteiger charge is -2.10. The minimum absolute atomic E-state index is 0.234. The summed E-state index contributed by atoms with van der Waals surface area (Å²) in [7, 11) is 0. The van der Waals surface area contributed by atoms with Gasteiger partial charge in [0.1, 0.15) is 5.82 Å². The van der Waals surface area contributed by atoms with Crippen molar-refractivity contribution < 1.29 is 4.39 Å². The Balaban J connectivity index is 2.32. The maximum Gasteiger partial charge on any atom is 0.131 e. The summed E-state index contributed by atoms with van der Waals surface area (Å²) in [6, 6.07) is 10.7. The van der Waals surface area contributed by atoms with E-state index < -0.39 is 0 Å². The van der Waals surface area contributed by atoms with Gasteiger partial charge in [-0.25, -0.2) is 4.39 Å². The van der Waals surface area contributed by atoms with E-state index in [9.17, 15) is 4.39 Å². The molecule has 2 nitrogen and oxygen atoms in total. The van der Waals surface area contributed by atoms with Crippen molar-refractivity contribution in [3.05, 3.63) is 60.2 Å². The second kappa shape index (κ2) is 4.35. The van der Waals surface area contributed by atoms with Crippen LogP contribution in [0, 0.1) is 12.7 Å². The van der Waals surface area contributed by atoms with E-state index in [2.05, 4.69) is 4.98 Å². The third-order valence-electron chi connectivity index (χ3n) is 3.30. The van der Waals surface area contributed by atoms with Gasteiger partial charge in [-0.2, -0.15) is 0 Å². The zero-order valence-corrected chi connectivity index (χ0v) is 10.5. The van der Waals surface area contributed by atoms with Crippen molar-refractivity contribution in [3.8, 4) is 11.1 Å². The van der Waals surface area contributed by atoms with Crippen molar-refractivity contribution in [2.75, 3.05) is 5.73 Å². The maximum absolute atomic E-state index is 14.0. The molecule has 0 aliphatic rings. The normalized spacial score (nSPS) is 10.8. The zero-order valence-electron chi connectivity index (χ0n) is 10.5. The van der Waals surface area contributed by atoms with Crippen molar-refractivity contribution in [1.82, 2.24) is 4.98 Å². The predicted octanol–water partition coefficient (Wildman–Crippen LogP) is 3.93. The van der Waals surface area contributed by atoms with Gasteiger partial charge in [0.05, 0.1) is 0 Å². The predicted molar refractivity (Wildman–Crippen MR) is 76.3 cm³/mol. The fraction of sp³-hybridized carbons (Fsp3) is 0.0625. The minimum atomic E-state index is -0.234. The van der Waals surface area contributed by atoms with E-state index in [1.807, 2.05) is 31.2 Å². The van der Waals surface area contributed by atoms with Crippen LogP contribution in [0.1, 0.15) is 5.56 Å². The second-order valence-corrected chi connectivity index (χ2v) is 4.59. The van der Waals surface area contributed by atoms with E-state index in [1.165, 1.54) is 6.07 Å². The average Bonchev–Trinajstić information content (AvgIpc) is 2.38. The molecule has 0 aliphatic heterocycles. The number of aryl methyl sites for hydroxylation is 1. The number of aromatic nitrogens is 1. The third kappa shape index (κ3) is 1.93. The summed E-state index contributed by atoms with van der Waals surface area (Å²) < 4.78 is 14.0. The number of hydrogen-bond donors (Lipinski definition) is 1. The zero-order chi connectivity index (χ0) is 13.4. The molecule has 0 aliphatic carbocycles. The number of pyridine rings is 1. The molecule has 94 valence electrons. The Bertz CT molecular complexity index is 746. The molecule has 19 heavy (non-hydrogen) atoms. The van der Waals surface area contributed by atoms with Crippen molar-refractivity contribution in [3.63, 3.8) is 0 Å². The van der Waals surface area contributed by atoms with E-state index in [0.717, 1.165) is 21.9 Å². The van der Waals surface area contributed by atoms with E-state index >= 15 is 0 Å². The summed E-state index contributed by atoms with van der Waals surface area (Å²) in [4.78, 5) is 4.08. The molecule has 3 aromatic rings. The van der Waals surface area contributed by atoms with Crippen LogP contribution in [0.3, 0.4) is 0 Å². The minimum Gasteiger partial charge on any atom is -0.398 e. The molecule has 0 spiro atoms. The van der Waals surface area contributed by atoms with E-state index in [1.54, 1.807) is 18.5 Å². The molecule has 1 aromatic heterocycles. The van der Waals surface area contributed by atoms with Crippen LogP contribution in [0.15, 0.2) is 48.8 Å². The molecule has 0 fully saturated rings. The number of benzene rings is 2. The quantitative estimate of drug-likeness (QED) is 0.666. The summed E-state index contributed by atoms with van der Waals surface area (Å²) >= 11 is 0. The maximum atomic E-state index is 14.0. The van der Waals surface area contributed by atoms with E-state index in [0.29, 0.717) is 11.3 Å². The van der Waals surface area contributed by atoms with E-state index in [4.69, 9.17) is 5.73 Å². The van der Waals surface area contributed by atoms with Gasteiger partial charge in [0.25, 0.3) is 0 Å². The average molecular weight is 252 g/mol. The highest BCUT2D eigenvalue weighted by Crippen LogP contribution is 2.32. The molecule has 2 N–H and O–H groups in total. The molecular weight excluding hydrogens is 239 g/mol. The molecule has 0 saturated heterocycles. The Kier molecular flexibility index (Phi) is 2.67. The van der Waals surface area contributed by atoms with Crippen molar-refractivity contribution in [2.45, 2.75) is 6.92 Å². The monoisotopic (exact) mass is 252 g/mol. The Morgan fingerprint density at radius 2 is 2.00 bits per heavy atom. The van der Waals surface area contributed by atoms with Crippen LogP contribution in [0.2, 0.25) is 0 Å². The molecule has 0 radical (unpaired) electrons. The summed E-state index contributed by atoms with van der Waals surface area (Å²) in [5, 5.41) is 1.85. The van der Waals surface area contributed by atoms with Crippen molar-refractivity contribution >= 4 is 16.5 Å². The van der Waals surface area contributed by atoms with Crippen LogP contribution in [0.5, 0.6) is 0 Å². The number of rotatable bonds is 1. The molecule has 3 rings (SSSR count). The van der Waals surface area contributed by atoms with Gasteiger partial charge in [-0.1, -0.05) is 12.1 Å². The molecule has 3 heteroatoms. The van der Waals surface area contributed by atoms with Crippen LogP contribution in [0.4, 0.5) is 10.1 Å². The smallest absolute Gasteiger partial charge is 0.131 e. The number of anilines is 1. The second-order valence-electron chi connectivity index (χ2n) is 4.59. The highest BCUT2D eigenvalue weighted by molar-refractivity contribution is 5.96. The molecule has 0 unspecified atom stereocenters. The number of hydrogen-bond acceptors (Lipinski definition) is 2. The number of fused-ring (bicyclic) bond motifs is 1. The van der Waals surface area contributed by atoms with Gasteiger partial charge < -0.3 is 5.73 Å². The molecule has 0 amide bonds. The van der Waals surface area contributed by atoms with Crippen LogP contribution in [-0.4, -0.2) is 4.98 Å². The Morgan fingerprint density at radius 3 is 2.79 bits per heavy atom. The first kappa shape index (κ1) is 11.7. The van der Waals surface area contributed by atoms with Crippen LogP contribution in [0.25, 0.3) is 21.9 Å². The van der Waals surface area contributed by atoms with Crippen LogP contribution in [-0.2, 0) is 0 Å². The highest BCUT2D eigenvalue weighted by Gasteiger charge is 2.10. The molecule has 0 atom stereocenters. The number of nitrogen functional groups attached to an aromatic ring is 1. The molecule has 2 aromatic carbocycles. The Labute approximate surface area is 110 Å².